The van der Waals surface area contributed by atoms with Gasteiger partial charge in [0.1, 0.15) is 17.3 Å². The van der Waals surface area contributed by atoms with Crippen molar-refractivity contribution in [3.63, 3.8) is 0 Å². The summed E-state index contributed by atoms with van der Waals surface area (Å²) in [7, 11) is 3.72. The third-order valence-corrected chi connectivity index (χ3v) is 8.69. The van der Waals surface area contributed by atoms with Crippen LogP contribution < -0.4 is 14.2 Å². The van der Waals surface area contributed by atoms with Gasteiger partial charge < -0.3 is 19.1 Å². The normalized spacial score (nSPS) is 21.9. The highest BCUT2D eigenvalue weighted by atomic mass is 16.5. The summed E-state index contributed by atoms with van der Waals surface area (Å²) in [6, 6.07) is 14.6. The lowest BCUT2D eigenvalue weighted by molar-refractivity contribution is 0.0792. The summed E-state index contributed by atoms with van der Waals surface area (Å²) in [6.07, 6.45) is 9.91. The molecule has 208 valence electrons. The molecule has 2 aromatic carbocycles. The molecule has 1 saturated heterocycles. The number of piperidine rings is 1. The quantitative estimate of drug-likeness (QED) is 0.352. The summed E-state index contributed by atoms with van der Waals surface area (Å²) in [5.41, 5.74) is 0.904. The summed E-state index contributed by atoms with van der Waals surface area (Å²) in [5.74, 6) is 1.39. The minimum absolute atomic E-state index is 0.0971. The smallest absolute Gasteiger partial charge is 0.182 e. The maximum absolute atomic E-state index is 14.5. The Hall–Kier alpha value is -3.71. The van der Waals surface area contributed by atoms with Gasteiger partial charge in [-0.05, 0) is 106 Å². The van der Waals surface area contributed by atoms with E-state index in [0.717, 1.165) is 57.2 Å². The van der Waals surface area contributed by atoms with Crippen LogP contribution in [0.15, 0.2) is 60.9 Å². The minimum Gasteiger partial charge on any atom is -0.493 e. The molecular weight excluding hydrogens is 504 g/mol. The Morgan fingerprint density at radius 2 is 1.52 bits per heavy atom. The van der Waals surface area contributed by atoms with Crippen LogP contribution in [0.4, 0.5) is 0 Å². The molecule has 1 unspecified atom stereocenters. The van der Waals surface area contributed by atoms with Crippen LogP contribution in [0.2, 0.25) is 0 Å². The minimum atomic E-state index is -1.42. The molecule has 2 heterocycles. The average Bonchev–Trinajstić information content (AvgIpc) is 3.56. The van der Waals surface area contributed by atoms with E-state index in [-0.39, 0.29) is 30.2 Å². The summed E-state index contributed by atoms with van der Waals surface area (Å²) < 4.78 is 18.3. The molecule has 3 aliphatic rings. The largest absolute Gasteiger partial charge is 0.493 e. The average molecular weight is 541 g/mol. The van der Waals surface area contributed by atoms with Gasteiger partial charge in [-0.2, -0.15) is 0 Å². The van der Waals surface area contributed by atoms with E-state index in [9.17, 15) is 9.59 Å². The number of hydrogen-bond donors (Lipinski definition) is 0. The van der Waals surface area contributed by atoms with Gasteiger partial charge in [0.15, 0.2) is 23.1 Å². The van der Waals surface area contributed by atoms with Gasteiger partial charge in [-0.1, -0.05) is 6.07 Å². The van der Waals surface area contributed by atoms with E-state index < -0.39 is 5.41 Å². The van der Waals surface area contributed by atoms with E-state index in [1.54, 1.807) is 31.6 Å². The predicted octanol–water partition coefficient (Wildman–Crippen LogP) is 5.44. The molecule has 1 aliphatic heterocycles. The van der Waals surface area contributed by atoms with E-state index >= 15 is 0 Å². The van der Waals surface area contributed by atoms with Crippen molar-refractivity contribution in [2.75, 3.05) is 27.2 Å². The number of carbonyl (C=O) groups is 2. The van der Waals surface area contributed by atoms with Crippen LogP contribution in [-0.4, -0.2) is 60.9 Å². The molecule has 1 saturated carbocycles. The zero-order chi connectivity index (χ0) is 27.7. The molecule has 7 nitrogen and oxygen atoms in total. The first-order chi connectivity index (χ1) is 19.5. The van der Waals surface area contributed by atoms with Gasteiger partial charge in [-0.25, -0.2) is 0 Å². The second kappa shape index (κ2) is 11.0. The van der Waals surface area contributed by atoms with Crippen molar-refractivity contribution in [1.82, 2.24) is 9.88 Å². The molecule has 0 radical (unpaired) electrons. The Kier molecular flexibility index (Phi) is 7.32. The predicted molar refractivity (Wildman–Crippen MR) is 152 cm³/mol. The first-order valence-corrected chi connectivity index (χ1v) is 14.3. The number of pyridine rings is 1. The molecule has 6 rings (SSSR count). The Morgan fingerprint density at radius 1 is 0.825 bits per heavy atom. The number of ketones is 2. The summed E-state index contributed by atoms with van der Waals surface area (Å²) in [6.45, 7) is 1.95. The Labute approximate surface area is 235 Å². The lowest BCUT2D eigenvalue weighted by Crippen LogP contribution is -2.40. The van der Waals surface area contributed by atoms with Crippen LogP contribution in [0.5, 0.6) is 17.2 Å². The van der Waals surface area contributed by atoms with Gasteiger partial charge in [0.2, 0.25) is 0 Å². The van der Waals surface area contributed by atoms with Crippen molar-refractivity contribution < 1.29 is 23.8 Å². The van der Waals surface area contributed by atoms with Gasteiger partial charge in [-0.3, -0.25) is 14.6 Å². The van der Waals surface area contributed by atoms with Gasteiger partial charge in [0, 0.05) is 36.6 Å². The molecule has 1 atom stereocenters. The molecule has 7 heteroatoms. The molecule has 0 amide bonds. The van der Waals surface area contributed by atoms with E-state index in [0.29, 0.717) is 33.9 Å². The van der Waals surface area contributed by atoms with E-state index in [1.165, 1.54) is 0 Å². The van der Waals surface area contributed by atoms with Gasteiger partial charge in [-0.15, -0.1) is 0 Å². The van der Waals surface area contributed by atoms with Crippen LogP contribution in [0.3, 0.4) is 0 Å². The summed E-state index contributed by atoms with van der Waals surface area (Å²) in [4.78, 5) is 35.2. The number of hydrogen-bond acceptors (Lipinski definition) is 7. The van der Waals surface area contributed by atoms with Gasteiger partial charge in [0.05, 0.1) is 13.2 Å². The lowest BCUT2D eigenvalue weighted by atomic mass is 9.71. The van der Waals surface area contributed by atoms with Crippen LogP contribution in [0, 0.1) is 0 Å². The highest BCUT2D eigenvalue weighted by molar-refractivity contribution is 6.33. The fraction of sp³-hybridized carbons (Fsp3) is 0.424. The number of Topliss-reactive ketones (excluding diaryl/α,β-unsaturated/α-hetero) is 2. The molecule has 1 aromatic heterocycles. The Balaban J connectivity index is 1.39. The van der Waals surface area contributed by atoms with Crippen molar-refractivity contribution in [3.8, 4) is 17.2 Å². The van der Waals surface area contributed by atoms with Crippen molar-refractivity contribution in [2.45, 2.75) is 62.6 Å². The third kappa shape index (κ3) is 4.87. The Morgan fingerprint density at radius 3 is 2.25 bits per heavy atom. The molecular formula is C33H36N2O5. The maximum atomic E-state index is 14.5. The van der Waals surface area contributed by atoms with Crippen LogP contribution >= 0.6 is 0 Å². The fourth-order valence-electron chi connectivity index (χ4n) is 6.39. The van der Waals surface area contributed by atoms with Crippen molar-refractivity contribution >= 4 is 11.6 Å². The zero-order valence-corrected chi connectivity index (χ0v) is 23.2. The monoisotopic (exact) mass is 540 g/mol. The highest BCUT2D eigenvalue weighted by Gasteiger charge is 2.54. The van der Waals surface area contributed by atoms with E-state index in [2.05, 4.69) is 16.9 Å². The summed E-state index contributed by atoms with van der Waals surface area (Å²) in [5, 5.41) is 0. The van der Waals surface area contributed by atoms with E-state index in [4.69, 9.17) is 14.2 Å². The number of rotatable bonds is 8. The first-order valence-electron chi connectivity index (χ1n) is 14.3. The maximum Gasteiger partial charge on any atom is 0.182 e. The molecule has 0 spiro atoms. The van der Waals surface area contributed by atoms with Gasteiger partial charge in [0.25, 0.3) is 0 Å². The summed E-state index contributed by atoms with van der Waals surface area (Å²) >= 11 is 0. The fourth-order valence-corrected chi connectivity index (χ4v) is 6.39. The number of ether oxygens (including phenoxy) is 3. The molecule has 3 aromatic rings. The van der Waals surface area contributed by atoms with Gasteiger partial charge >= 0.3 is 0 Å². The van der Waals surface area contributed by atoms with Crippen LogP contribution in [0.25, 0.3) is 0 Å². The van der Waals surface area contributed by atoms with Crippen LogP contribution in [-0.2, 0) is 11.8 Å². The standard InChI is InChI=1S/C33H36N2O5/c1-35-17-13-25(14-18-35)39-26-8-9-27-28(20-26)32(37)33(31(27)36,21-22-11-15-34-16-12-22)23-7-10-29(38-2)30(19-23)40-24-5-3-4-6-24/h7-12,15-16,19-20,24-25H,3-6,13-14,17-18,21H2,1-2H3. The van der Waals surface area contributed by atoms with E-state index in [1.807, 2.05) is 36.4 Å². The number of methoxy groups -OCH3 is 1. The number of benzene rings is 2. The molecule has 2 fully saturated rings. The molecule has 0 bridgehead atoms. The number of likely N-dealkylation sites (tertiary alicyclic amines) is 1. The number of nitrogens with zero attached hydrogens (tertiary/aromatic N) is 2. The molecule has 0 N–H and O–H groups in total. The third-order valence-electron chi connectivity index (χ3n) is 8.69. The van der Waals surface area contributed by atoms with Crippen molar-refractivity contribution in [2.24, 2.45) is 0 Å². The first kappa shape index (κ1) is 26.5. The SMILES string of the molecule is COc1ccc(C2(Cc3ccncc3)C(=O)c3ccc(OC4CCN(C)CC4)cc3C2=O)cc1OC1CCCC1. The zero-order valence-electron chi connectivity index (χ0n) is 23.2. The van der Waals surface area contributed by atoms with Crippen molar-refractivity contribution in [3.05, 3.63) is 83.2 Å². The number of fused-ring (bicyclic) bond motifs is 1. The topological polar surface area (TPSA) is 78.0 Å². The molecule has 2 aliphatic carbocycles. The lowest BCUT2D eigenvalue weighted by Gasteiger charge is -2.29. The highest BCUT2D eigenvalue weighted by Crippen LogP contribution is 2.46. The van der Waals surface area contributed by atoms with Crippen molar-refractivity contribution in [1.29, 1.82) is 0 Å². The number of aromatic nitrogens is 1. The molecule has 40 heavy (non-hydrogen) atoms. The second-order valence-electron chi connectivity index (χ2n) is 11.3. The second-order valence-corrected chi connectivity index (χ2v) is 11.3. The van der Waals surface area contributed by atoms with Crippen LogP contribution in [0.1, 0.15) is 70.4 Å². The Bertz CT molecular complexity index is 1390. The number of carbonyl (C=O) groups excluding carboxylic acids is 2.